The molecule has 1 rings (SSSR count). The maximum atomic E-state index is 12.9. The summed E-state index contributed by atoms with van der Waals surface area (Å²) in [5.74, 6) is -0.634. The van der Waals surface area contributed by atoms with E-state index in [4.69, 9.17) is 0 Å². The van der Waals surface area contributed by atoms with Gasteiger partial charge in [-0.15, -0.1) is 11.8 Å². The van der Waals surface area contributed by atoms with E-state index in [-0.39, 0.29) is 0 Å². The zero-order valence-electron chi connectivity index (χ0n) is 9.43. The first-order valence-electron chi connectivity index (χ1n) is 5.52. The average molecular weight is 245 g/mol. The topological polar surface area (TPSA) is 12.0 Å². The fourth-order valence-corrected chi connectivity index (χ4v) is 2.13. The molecule has 1 aromatic carbocycles. The van der Waals surface area contributed by atoms with Crippen molar-refractivity contribution in [3.05, 3.63) is 29.8 Å². The van der Waals surface area contributed by atoms with E-state index < -0.39 is 11.6 Å². The predicted octanol–water partition coefficient (Wildman–Crippen LogP) is 3.45. The average Bonchev–Trinajstić information content (AvgIpc) is 2.28. The van der Waals surface area contributed by atoms with Gasteiger partial charge < -0.3 is 5.32 Å². The lowest BCUT2D eigenvalue weighted by atomic mass is 10.3. The standard InChI is InChI=1S/C12H17F2NS/c1-2-6-15-7-3-8-16-10-4-5-11(13)12(14)9-10/h4-5,9,15H,2-3,6-8H2,1H3. The Bertz CT molecular complexity index is 318. The second-order valence-electron chi connectivity index (χ2n) is 3.53. The van der Waals surface area contributed by atoms with Gasteiger partial charge in [0, 0.05) is 4.90 Å². The highest BCUT2D eigenvalue weighted by Crippen LogP contribution is 2.20. The summed E-state index contributed by atoms with van der Waals surface area (Å²) >= 11 is 1.55. The minimum absolute atomic E-state index is 0.769. The SMILES string of the molecule is CCCNCCCSc1ccc(F)c(F)c1. The van der Waals surface area contributed by atoms with Crippen LogP contribution in [0.15, 0.2) is 23.1 Å². The van der Waals surface area contributed by atoms with Crippen molar-refractivity contribution in [1.82, 2.24) is 5.32 Å². The van der Waals surface area contributed by atoms with Gasteiger partial charge in [-0.25, -0.2) is 8.78 Å². The molecule has 90 valence electrons. The molecule has 0 aliphatic heterocycles. The van der Waals surface area contributed by atoms with Crippen LogP contribution >= 0.6 is 11.8 Å². The normalized spacial score (nSPS) is 10.7. The van der Waals surface area contributed by atoms with Crippen molar-refractivity contribution in [3.8, 4) is 0 Å². The number of halogens is 2. The molecule has 0 amide bonds. The van der Waals surface area contributed by atoms with Crippen LogP contribution in [0.4, 0.5) is 8.78 Å². The smallest absolute Gasteiger partial charge is 0.159 e. The second kappa shape index (κ2) is 7.63. The highest BCUT2D eigenvalue weighted by molar-refractivity contribution is 7.99. The first-order valence-corrected chi connectivity index (χ1v) is 6.51. The van der Waals surface area contributed by atoms with Gasteiger partial charge in [-0.3, -0.25) is 0 Å². The summed E-state index contributed by atoms with van der Waals surface area (Å²) in [6.45, 7) is 4.14. The molecule has 0 fully saturated rings. The molecule has 16 heavy (non-hydrogen) atoms. The van der Waals surface area contributed by atoms with E-state index in [0.29, 0.717) is 0 Å². The summed E-state index contributed by atoms with van der Waals surface area (Å²) in [7, 11) is 0. The molecule has 4 heteroatoms. The van der Waals surface area contributed by atoms with E-state index >= 15 is 0 Å². The molecule has 0 aliphatic carbocycles. The monoisotopic (exact) mass is 245 g/mol. The molecule has 0 spiro atoms. The van der Waals surface area contributed by atoms with Gasteiger partial charge in [0.15, 0.2) is 11.6 Å². The lowest BCUT2D eigenvalue weighted by Crippen LogP contribution is -2.16. The second-order valence-corrected chi connectivity index (χ2v) is 4.70. The Morgan fingerprint density at radius 1 is 1.19 bits per heavy atom. The van der Waals surface area contributed by atoms with Crippen molar-refractivity contribution < 1.29 is 8.78 Å². The Kier molecular flexibility index (Phi) is 6.42. The lowest BCUT2D eigenvalue weighted by molar-refractivity contribution is 0.506. The molecule has 0 aromatic heterocycles. The van der Waals surface area contributed by atoms with E-state index in [1.165, 1.54) is 12.1 Å². The molecule has 0 heterocycles. The van der Waals surface area contributed by atoms with Gasteiger partial charge in [-0.05, 0) is 49.9 Å². The summed E-state index contributed by atoms with van der Waals surface area (Å²) in [5, 5.41) is 3.29. The minimum atomic E-state index is -0.783. The fraction of sp³-hybridized carbons (Fsp3) is 0.500. The predicted molar refractivity (Wildman–Crippen MR) is 64.9 cm³/mol. The van der Waals surface area contributed by atoms with Crippen LogP contribution in [0.3, 0.4) is 0 Å². The molecule has 0 bridgehead atoms. The molecular formula is C12H17F2NS. The Morgan fingerprint density at radius 2 is 2.00 bits per heavy atom. The lowest BCUT2D eigenvalue weighted by Gasteiger charge is -2.03. The minimum Gasteiger partial charge on any atom is -0.317 e. The summed E-state index contributed by atoms with van der Waals surface area (Å²) < 4.78 is 25.5. The number of hydrogen-bond donors (Lipinski definition) is 1. The zero-order chi connectivity index (χ0) is 11.8. The van der Waals surface area contributed by atoms with Crippen LogP contribution in [-0.2, 0) is 0 Å². The van der Waals surface area contributed by atoms with Gasteiger partial charge in [-0.1, -0.05) is 6.92 Å². The molecule has 0 atom stereocenters. The van der Waals surface area contributed by atoms with Gasteiger partial charge in [0.25, 0.3) is 0 Å². The van der Waals surface area contributed by atoms with E-state index in [9.17, 15) is 8.78 Å². The highest BCUT2D eigenvalue weighted by atomic mass is 32.2. The molecule has 0 saturated carbocycles. The Labute approximate surface area is 99.6 Å². The van der Waals surface area contributed by atoms with Crippen LogP contribution in [0.5, 0.6) is 0 Å². The van der Waals surface area contributed by atoms with E-state index in [2.05, 4.69) is 12.2 Å². The van der Waals surface area contributed by atoms with Gasteiger partial charge in [0.1, 0.15) is 0 Å². The summed E-state index contributed by atoms with van der Waals surface area (Å²) in [5.41, 5.74) is 0. The van der Waals surface area contributed by atoms with Crippen molar-refractivity contribution in [2.24, 2.45) is 0 Å². The molecule has 1 N–H and O–H groups in total. The van der Waals surface area contributed by atoms with Crippen molar-refractivity contribution in [2.75, 3.05) is 18.8 Å². The fourth-order valence-electron chi connectivity index (χ4n) is 1.26. The third kappa shape index (κ3) is 4.94. The van der Waals surface area contributed by atoms with Gasteiger partial charge in [0.2, 0.25) is 0 Å². The Balaban J connectivity index is 2.19. The number of hydrogen-bond acceptors (Lipinski definition) is 2. The van der Waals surface area contributed by atoms with Gasteiger partial charge in [-0.2, -0.15) is 0 Å². The molecule has 0 unspecified atom stereocenters. The van der Waals surface area contributed by atoms with Gasteiger partial charge in [0.05, 0.1) is 0 Å². The Morgan fingerprint density at radius 3 is 2.69 bits per heavy atom. The summed E-state index contributed by atoms with van der Waals surface area (Å²) in [6.07, 6.45) is 2.17. The van der Waals surface area contributed by atoms with Crippen molar-refractivity contribution in [2.45, 2.75) is 24.7 Å². The number of benzene rings is 1. The van der Waals surface area contributed by atoms with Crippen molar-refractivity contribution in [1.29, 1.82) is 0 Å². The largest absolute Gasteiger partial charge is 0.317 e. The maximum absolute atomic E-state index is 12.9. The highest BCUT2D eigenvalue weighted by Gasteiger charge is 2.02. The maximum Gasteiger partial charge on any atom is 0.159 e. The number of rotatable bonds is 7. The Hall–Kier alpha value is -0.610. The van der Waals surface area contributed by atoms with E-state index in [0.717, 1.165) is 36.6 Å². The van der Waals surface area contributed by atoms with Crippen LogP contribution in [0.2, 0.25) is 0 Å². The van der Waals surface area contributed by atoms with Crippen LogP contribution in [-0.4, -0.2) is 18.8 Å². The molecule has 1 aromatic rings. The molecule has 1 nitrogen and oxygen atoms in total. The van der Waals surface area contributed by atoms with Crippen LogP contribution < -0.4 is 5.32 Å². The van der Waals surface area contributed by atoms with Gasteiger partial charge >= 0.3 is 0 Å². The molecule has 0 aliphatic rings. The van der Waals surface area contributed by atoms with Crippen LogP contribution in [0.25, 0.3) is 0 Å². The van der Waals surface area contributed by atoms with Crippen molar-refractivity contribution in [3.63, 3.8) is 0 Å². The third-order valence-electron chi connectivity index (χ3n) is 2.08. The first-order chi connectivity index (χ1) is 7.74. The molecular weight excluding hydrogens is 228 g/mol. The third-order valence-corrected chi connectivity index (χ3v) is 3.16. The summed E-state index contributed by atoms with van der Waals surface area (Å²) in [4.78, 5) is 0.786. The van der Waals surface area contributed by atoms with Crippen molar-refractivity contribution >= 4 is 11.8 Å². The first kappa shape index (κ1) is 13.5. The number of thioether (sulfide) groups is 1. The summed E-state index contributed by atoms with van der Waals surface area (Å²) in [6, 6.07) is 4.04. The van der Waals surface area contributed by atoms with Crippen LogP contribution in [0, 0.1) is 11.6 Å². The van der Waals surface area contributed by atoms with Crippen LogP contribution in [0.1, 0.15) is 19.8 Å². The van der Waals surface area contributed by atoms with E-state index in [1.807, 2.05) is 0 Å². The molecule has 0 saturated heterocycles. The molecule has 0 radical (unpaired) electrons. The number of nitrogens with one attached hydrogen (secondary N) is 1. The quantitative estimate of drug-likeness (QED) is 0.583. The van der Waals surface area contributed by atoms with E-state index in [1.54, 1.807) is 17.8 Å². The zero-order valence-corrected chi connectivity index (χ0v) is 10.2.